The minimum absolute atomic E-state index is 0.00302. The first-order valence-corrected chi connectivity index (χ1v) is 7.49. The third kappa shape index (κ3) is 2.47. The van der Waals surface area contributed by atoms with Crippen molar-refractivity contribution in [1.82, 2.24) is 0 Å². The number of nitrogens with one attached hydrogen (secondary N) is 1. The SMILES string of the molecule is Cc1ccc(NC(=O)C2C3C=CC(CC3)C2C(=O)O)c(O)c1. The molecule has 4 rings (SSSR count). The molecule has 5 heteroatoms. The van der Waals surface area contributed by atoms with Crippen molar-refractivity contribution < 1.29 is 19.8 Å². The maximum Gasteiger partial charge on any atom is 0.307 e. The number of carboxylic acid groups (broad SMARTS) is 1. The van der Waals surface area contributed by atoms with Crippen molar-refractivity contribution in [2.75, 3.05) is 5.32 Å². The number of rotatable bonds is 3. The van der Waals surface area contributed by atoms with E-state index in [1.807, 2.05) is 19.1 Å². The maximum atomic E-state index is 12.6. The Morgan fingerprint density at radius 1 is 1.14 bits per heavy atom. The van der Waals surface area contributed by atoms with Crippen LogP contribution in [0.4, 0.5) is 5.69 Å². The van der Waals surface area contributed by atoms with Gasteiger partial charge in [0, 0.05) is 0 Å². The van der Waals surface area contributed by atoms with Crippen LogP contribution < -0.4 is 5.32 Å². The van der Waals surface area contributed by atoms with Gasteiger partial charge in [-0.15, -0.1) is 0 Å². The molecule has 1 amide bonds. The molecule has 5 nitrogen and oxygen atoms in total. The molecule has 0 heterocycles. The summed E-state index contributed by atoms with van der Waals surface area (Å²) in [5.41, 5.74) is 1.21. The van der Waals surface area contributed by atoms with Gasteiger partial charge in [-0.2, -0.15) is 0 Å². The Hall–Kier alpha value is -2.30. The first-order chi connectivity index (χ1) is 10.5. The standard InChI is InChI=1S/C17H19NO4/c1-9-2-7-12(13(19)8-9)18-16(20)14-10-3-5-11(6-4-10)15(14)17(21)22/h2-3,5,7-8,10-11,14-15,19H,4,6H2,1H3,(H,18,20)(H,21,22). The van der Waals surface area contributed by atoms with Crippen LogP contribution in [0.2, 0.25) is 0 Å². The van der Waals surface area contributed by atoms with Gasteiger partial charge in [0.25, 0.3) is 0 Å². The lowest BCUT2D eigenvalue weighted by Gasteiger charge is -2.41. The van der Waals surface area contributed by atoms with Crippen molar-refractivity contribution in [3.63, 3.8) is 0 Å². The van der Waals surface area contributed by atoms with E-state index in [-0.39, 0.29) is 23.5 Å². The molecule has 0 radical (unpaired) electrons. The van der Waals surface area contributed by atoms with Crippen molar-refractivity contribution in [2.24, 2.45) is 23.7 Å². The number of phenolic OH excluding ortho intramolecular Hbond substituents is 1. The molecule has 116 valence electrons. The molecule has 0 spiro atoms. The molecule has 0 saturated heterocycles. The number of carbonyl (C=O) groups excluding carboxylic acids is 1. The zero-order valence-electron chi connectivity index (χ0n) is 12.3. The summed E-state index contributed by atoms with van der Waals surface area (Å²) in [5.74, 6) is -2.64. The highest BCUT2D eigenvalue weighted by Gasteiger charge is 2.48. The number of carboxylic acids is 1. The number of allylic oxidation sites excluding steroid dienone is 2. The Kier molecular flexibility index (Phi) is 3.64. The minimum Gasteiger partial charge on any atom is -0.506 e. The van der Waals surface area contributed by atoms with E-state index in [1.165, 1.54) is 0 Å². The predicted molar refractivity (Wildman–Crippen MR) is 81.4 cm³/mol. The predicted octanol–water partition coefficient (Wildman–Crippen LogP) is 2.55. The summed E-state index contributed by atoms with van der Waals surface area (Å²) in [6.45, 7) is 1.84. The van der Waals surface area contributed by atoms with E-state index in [0.717, 1.165) is 18.4 Å². The molecule has 1 saturated carbocycles. The van der Waals surface area contributed by atoms with Crippen LogP contribution in [-0.2, 0) is 9.59 Å². The molecule has 3 N–H and O–H groups in total. The van der Waals surface area contributed by atoms with Crippen LogP contribution in [0.1, 0.15) is 18.4 Å². The van der Waals surface area contributed by atoms with Gasteiger partial charge in [0.05, 0.1) is 17.5 Å². The Morgan fingerprint density at radius 3 is 2.32 bits per heavy atom. The average Bonchev–Trinajstić information content (AvgIpc) is 2.50. The normalized spacial score (nSPS) is 29.3. The zero-order valence-corrected chi connectivity index (χ0v) is 12.3. The summed E-state index contributed by atoms with van der Waals surface area (Å²) < 4.78 is 0. The van der Waals surface area contributed by atoms with Crippen molar-refractivity contribution >= 4 is 17.6 Å². The van der Waals surface area contributed by atoms with Crippen molar-refractivity contribution in [3.8, 4) is 5.75 Å². The molecule has 3 aliphatic rings. The molecule has 1 aromatic rings. The van der Waals surface area contributed by atoms with Gasteiger partial charge in [0.2, 0.25) is 5.91 Å². The number of hydrogen-bond acceptors (Lipinski definition) is 3. The fraction of sp³-hybridized carbons (Fsp3) is 0.412. The van der Waals surface area contributed by atoms with Gasteiger partial charge < -0.3 is 15.5 Å². The van der Waals surface area contributed by atoms with Gasteiger partial charge in [0.1, 0.15) is 5.75 Å². The molecule has 0 aliphatic heterocycles. The van der Waals surface area contributed by atoms with E-state index in [9.17, 15) is 19.8 Å². The number of benzene rings is 1. The Balaban J connectivity index is 1.84. The molecule has 0 aromatic heterocycles. The van der Waals surface area contributed by atoms with Crippen molar-refractivity contribution in [1.29, 1.82) is 0 Å². The molecule has 1 fully saturated rings. The van der Waals surface area contributed by atoms with Gasteiger partial charge in [-0.25, -0.2) is 0 Å². The van der Waals surface area contributed by atoms with Crippen LogP contribution >= 0.6 is 0 Å². The van der Waals surface area contributed by atoms with E-state index in [4.69, 9.17) is 0 Å². The summed E-state index contributed by atoms with van der Waals surface area (Å²) in [5, 5.41) is 22.1. The molecule has 22 heavy (non-hydrogen) atoms. The smallest absolute Gasteiger partial charge is 0.307 e. The van der Waals surface area contributed by atoms with Crippen LogP contribution in [0.15, 0.2) is 30.4 Å². The molecule has 2 bridgehead atoms. The molecule has 4 unspecified atom stereocenters. The lowest BCUT2D eigenvalue weighted by molar-refractivity contribution is -0.151. The van der Waals surface area contributed by atoms with Gasteiger partial charge in [-0.3, -0.25) is 9.59 Å². The molecule has 1 aromatic carbocycles. The summed E-state index contributed by atoms with van der Waals surface area (Å²) >= 11 is 0. The lowest BCUT2D eigenvalue weighted by Crippen LogP contribution is -2.47. The first-order valence-electron chi connectivity index (χ1n) is 7.49. The van der Waals surface area contributed by atoms with Crippen LogP contribution in [0.5, 0.6) is 5.75 Å². The molecular weight excluding hydrogens is 282 g/mol. The highest BCUT2D eigenvalue weighted by molar-refractivity contribution is 5.97. The summed E-state index contributed by atoms with van der Waals surface area (Å²) in [7, 11) is 0. The third-order valence-corrected chi connectivity index (χ3v) is 4.75. The summed E-state index contributed by atoms with van der Waals surface area (Å²) in [4.78, 5) is 24.1. The van der Waals surface area contributed by atoms with Crippen LogP contribution in [0, 0.1) is 30.6 Å². The number of aliphatic carboxylic acids is 1. The Bertz CT molecular complexity index is 652. The monoisotopic (exact) mass is 301 g/mol. The van der Waals surface area contributed by atoms with Gasteiger partial charge in [-0.1, -0.05) is 18.2 Å². The largest absolute Gasteiger partial charge is 0.506 e. The number of phenols is 1. The van der Waals surface area contributed by atoms with E-state index < -0.39 is 17.8 Å². The lowest BCUT2D eigenvalue weighted by atomic mass is 9.62. The second-order valence-electron chi connectivity index (χ2n) is 6.19. The fourth-order valence-corrected chi connectivity index (χ4v) is 3.65. The van der Waals surface area contributed by atoms with Gasteiger partial charge >= 0.3 is 5.97 Å². The minimum atomic E-state index is -0.924. The number of aromatic hydroxyl groups is 1. The maximum absolute atomic E-state index is 12.6. The Morgan fingerprint density at radius 2 is 1.77 bits per heavy atom. The molecular formula is C17H19NO4. The van der Waals surface area contributed by atoms with Crippen LogP contribution in [-0.4, -0.2) is 22.1 Å². The average molecular weight is 301 g/mol. The number of carbonyl (C=O) groups is 2. The fourth-order valence-electron chi connectivity index (χ4n) is 3.65. The van der Waals surface area contributed by atoms with Gasteiger partial charge in [-0.05, 0) is 49.3 Å². The van der Waals surface area contributed by atoms with E-state index in [2.05, 4.69) is 5.32 Å². The van der Waals surface area contributed by atoms with Gasteiger partial charge in [0.15, 0.2) is 0 Å². The second kappa shape index (κ2) is 5.48. The van der Waals surface area contributed by atoms with Crippen molar-refractivity contribution in [3.05, 3.63) is 35.9 Å². The highest BCUT2D eigenvalue weighted by atomic mass is 16.4. The first kappa shape index (κ1) is 14.6. The molecule has 3 aliphatic carbocycles. The third-order valence-electron chi connectivity index (χ3n) is 4.75. The number of aryl methyl sites for hydroxylation is 1. The highest BCUT2D eigenvalue weighted by Crippen LogP contribution is 2.45. The summed E-state index contributed by atoms with van der Waals surface area (Å²) in [6.07, 6.45) is 5.55. The van der Waals surface area contributed by atoms with E-state index in [0.29, 0.717) is 5.69 Å². The van der Waals surface area contributed by atoms with Crippen LogP contribution in [0.3, 0.4) is 0 Å². The number of fused-ring (bicyclic) bond motifs is 2. The topological polar surface area (TPSA) is 86.6 Å². The Labute approximate surface area is 128 Å². The number of amides is 1. The molecule has 4 atom stereocenters. The quantitative estimate of drug-likeness (QED) is 0.591. The second-order valence-corrected chi connectivity index (χ2v) is 6.19. The number of hydrogen-bond donors (Lipinski definition) is 3. The van der Waals surface area contributed by atoms with Crippen molar-refractivity contribution in [2.45, 2.75) is 19.8 Å². The zero-order chi connectivity index (χ0) is 15.9. The van der Waals surface area contributed by atoms with E-state index >= 15 is 0 Å². The number of anilines is 1. The van der Waals surface area contributed by atoms with E-state index in [1.54, 1.807) is 18.2 Å². The summed E-state index contributed by atoms with van der Waals surface area (Å²) in [6, 6.07) is 4.99. The van der Waals surface area contributed by atoms with Crippen LogP contribution in [0.25, 0.3) is 0 Å².